The van der Waals surface area contributed by atoms with Gasteiger partial charge in [0.15, 0.2) is 0 Å². The third-order valence-corrected chi connectivity index (χ3v) is 7.73. The molecule has 2 heterocycles. The highest BCUT2D eigenvalue weighted by Crippen LogP contribution is 2.47. The normalized spacial score (nSPS) is 19.4. The van der Waals surface area contributed by atoms with Gasteiger partial charge in [0.05, 0.1) is 0 Å². The van der Waals surface area contributed by atoms with Crippen molar-refractivity contribution < 1.29 is 19.1 Å². The monoisotopic (exact) mass is 448 g/mol. The first-order valence-electron chi connectivity index (χ1n) is 10.7. The molecule has 3 aliphatic rings. The van der Waals surface area contributed by atoms with Crippen LogP contribution in [0.25, 0.3) is 5.76 Å². The second-order valence-corrected chi connectivity index (χ2v) is 9.66. The Hall–Kier alpha value is -3.06. The molecule has 0 aromatic heterocycles. The Morgan fingerprint density at radius 1 is 1.00 bits per heavy atom. The lowest BCUT2D eigenvalue weighted by molar-refractivity contribution is -0.111. The van der Waals surface area contributed by atoms with E-state index >= 15 is 0 Å². The minimum absolute atomic E-state index is 0.0238. The zero-order valence-corrected chi connectivity index (χ0v) is 18.9. The number of benzene rings is 2. The van der Waals surface area contributed by atoms with Gasteiger partial charge in [-0.25, -0.2) is 0 Å². The average Bonchev–Trinajstić information content (AvgIpc) is 2.82. The summed E-state index contributed by atoms with van der Waals surface area (Å²) in [5.74, 6) is 0.208. The number of hydrogen-bond donors (Lipinski definition) is 0. The molecule has 0 radical (unpaired) electrons. The lowest BCUT2D eigenvalue weighted by Gasteiger charge is -2.45. The van der Waals surface area contributed by atoms with Crippen molar-refractivity contribution in [2.45, 2.75) is 18.4 Å². The molecule has 0 unspecified atom stereocenters. The van der Waals surface area contributed by atoms with E-state index < -0.39 is 17.2 Å². The summed E-state index contributed by atoms with van der Waals surface area (Å²) in [6.45, 7) is 1.17. The molecule has 0 saturated carbocycles. The van der Waals surface area contributed by atoms with Gasteiger partial charge >= 0.3 is 0 Å². The van der Waals surface area contributed by atoms with E-state index in [1.807, 2.05) is 60.3 Å². The lowest BCUT2D eigenvalue weighted by atomic mass is 9.89. The highest BCUT2D eigenvalue weighted by molar-refractivity contribution is 8.04. The number of piperidine rings is 1. The molecule has 5 rings (SSSR count). The van der Waals surface area contributed by atoms with Crippen LogP contribution in [-0.2, 0) is 9.53 Å². The number of Topliss-reactive ketones (excluding diaryl/α,β-unsaturated/α-hetero) is 2. The number of rotatable bonds is 2. The van der Waals surface area contributed by atoms with Gasteiger partial charge in [-0.2, -0.15) is 0 Å². The van der Waals surface area contributed by atoms with E-state index in [0.29, 0.717) is 59.0 Å². The largest absolute Gasteiger partial charge is 0.484 e. The van der Waals surface area contributed by atoms with Gasteiger partial charge in [-0.3, -0.25) is 14.4 Å². The van der Waals surface area contributed by atoms with Crippen LogP contribution in [0.1, 0.15) is 39.1 Å². The number of ketones is 2. The van der Waals surface area contributed by atoms with Crippen molar-refractivity contribution in [3.63, 3.8) is 0 Å². The Morgan fingerprint density at radius 2 is 1.72 bits per heavy atom. The molecule has 2 aromatic rings. The van der Waals surface area contributed by atoms with Gasteiger partial charge in [0.1, 0.15) is 16.3 Å². The Kier molecular flexibility index (Phi) is 5.08. The van der Waals surface area contributed by atoms with E-state index in [9.17, 15) is 14.4 Å². The van der Waals surface area contributed by atoms with E-state index in [1.54, 1.807) is 12.1 Å². The quantitative estimate of drug-likeness (QED) is 0.654. The van der Waals surface area contributed by atoms with Crippen LogP contribution >= 0.6 is 11.8 Å². The van der Waals surface area contributed by atoms with Crippen LogP contribution in [0.2, 0.25) is 0 Å². The molecule has 1 amide bonds. The van der Waals surface area contributed by atoms with Crippen LogP contribution in [0.3, 0.4) is 0 Å². The predicted molar refractivity (Wildman–Crippen MR) is 125 cm³/mol. The number of carbonyl (C=O) groups excluding carboxylic acids is 3. The molecular formula is C25H24N2O4S. The van der Waals surface area contributed by atoms with E-state index in [1.165, 1.54) is 11.8 Å². The zero-order chi connectivity index (χ0) is 22.5. The number of ether oxygens (including phenoxy) is 1. The van der Waals surface area contributed by atoms with Crippen LogP contribution in [0, 0.1) is 0 Å². The second-order valence-electron chi connectivity index (χ2n) is 8.67. The van der Waals surface area contributed by atoms with Crippen LogP contribution in [0.4, 0.5) is 5.69 Å². The minimum atomic E-state index is -0.480. The number of allylic oxidation sites excluding steroid dienone is 1. The maximum atomic E-state index is 13.1. The number of nitrogens with zero attached hydrogens (tertiary/aromatic N) is 2. The van der Waals surface area contributed by atoms with Gasteiger partial charge in [0, 0.05) is 68.2 Å². The fourth-order valence-corrected chi connectivity index (χ4v) is 5.74. The van der Waals surface area contributed by atoms with Crippen molar-refractivity contribution in [2.75, 3.05) is 37.8 Å². The molecule has 1 aliphatic carbocycles. The molecule has 164 valence electrons. The standard InChI is InChI=1S/C25H24N2O4S/c1-26(2)17-7-5-6-16(14-17)24(30)27-12-10-25(11-13-27)15-32-23-21(29)20(28)18-8-3-4-9-19(18)22(23)31-25/h3-9,14H,10-13,15H2,1-2H3. The molecule has 6 nitrogen and oxygen atoms in total. The Balaban J connectivity index is 1.34. The summed E-state index contributed by atoms with van der Waals surface area (Å²) in [7, 11) is 3.91. The number of fused-ring (bicyclic) bond motifs is 2. The molecule has 2 aromatic carbocycles. The van der Waals surface area contributed by atoms with Crippen molar-refractivity contribution >= 4 is 40.7 Å². The predicted octanol–water partition coefficient (Wildman–Crippen LogP) is 3.63. The molecule has 1 fully saturated rings. The molecule has 32 heavy (non-hydrogen) atoms. The van der Waals surface area contributed by atoms with E-state index in [0.717, 1.165) is 5.69 Å². The summed E-state index contributed by atoms with van der Waals surface area (Å²) in [4.78, 5) is 42.4. The maximum absolute atomic E-state index is 13.1. The molecule has 0 bridgehead atoms. The Labute approximate surface area is 191 Å². The van der Waals surface area contributed by atoms with Crippen molar-refractivity contribution in [1.29, 1.82) is 0 Å². The first kappa shape index (κ1) is 20.8. The molecule has 2 aliphatic heterocycles. The number of anilines is 1. The zero-order valence-electron chi connectivity index (χ0n) is 18.1. The van der Waals surface area contributed by atoms with E-state index in [2.05, 4.69) is 0 Å². The van der Waals surface area contributed by atoms with Crippen molar-refractivity contribution in [3.8, 4) is 0 Å². The highest BCUT2D eigenvalue weighted by Gasteiger charge is 2.46. The van der Waals surface area contributed by atoms with Gasteiger partial charge in [0.25, 0.3) is 5.91 Å². The smallest absolute Gasteiger partial charge is 0.253 e. The van der Waals surface area contributed by atoms with Gasteiger partial charge < -0.3 is 14.5 Å². The van der Waals surface area contributed by atoms with Gasteiger partial charge in [-0.15, -0.1) is 11.8 Å². The first-order chi connectivity index (χ1) is 15.4. The minimum Gasteiger partial charge on any atom is -0.484 e. The molecule has 1 spiro atoms. The van der Waals surface area contributed by atoms with Gasteiger partial charge in [-0.1, -0.05) is 30.3 Å². The topological polar surface area (TPSA) is 66.9 Å². The van der Waals surface area contributed by atoms with Crippen LogP contribution in [0.5, 0.6) is 0 Å². The van der Waals surface area contributed by atoms with Crippen LogP contribution in [0.15, 0.2) is 53.4 Å². The molecular weight excluding hydrogens is 424 g/mol. The molecule has 0 N–H and O–H groups in total. The number of hydrogen-bond acceptors (Lipinski definition) is 6. The summed E-state index contributed by atoms with van der Waals surface area (Å²) in [6, 6.07) is 14.8. The molecule has 7 heteroatoms. The second kappa shape index (κ2) is 7.81. The summed E-state index contributed by atoms with van der Waals surface area (Å²) >= 11 is 1.41. The number of amides is 1. The van der Waals surface area contributed by atoms with Crippen LogP contribution < -0.4 is 4.90 Å². The summed E-state index contributed by atoms with van der Waals surface area (Å²) < 4.78 is 6.49. The van der Waals surface area contributed by atoms with Crippen molar-refractivity contribution in [1.82, 2.24) is 4.90 Å². The number of carbonyl (C=O) groups is 3. The SMILES string of the molecule is CN(C)c1cccc(C(=O)N2CCC3(CC2)CSC2=C(O3)c3ccccc3C(=O)C2=O)c1. The summed E-state index contributed by atoms with van der Waals surface area (Å²) in [5.41, 5.74) is 2.33. The van der Waals surface area contributed by atoms with Crippen LogP contribution in [-0.4, -0.2) is 60.9 Å². The third-order valence-electron chi connectivity index (χ3n) is 6.40. The van der Waals surface area contributed by atoms with Crippen molar-refractivity contribution in [3.05, 3.63) is 70.1 Å². The number of likely N-dealkylation sites (tertiary alicyclic amines) is 1. The summed E-state index contributed by atoms with van der Waals surface area (Å²) in [5, 5.41) is 0. The Bertz CT molecular complexity index is 1160. The van der Waals surface area contributed by atoms with Gasteiger partial charge in [-0.05, 0) is 18.2 Å². The maximum Gasteiger partial charge on any atom is 0.253 e. The van der Waals surface area contributed by atoms with E-state index in [-0.39, 0.29) is 5.91 Å². The number of thioether (sulfide) groups is 1. The lowest BCUT2D eigenvalue weighted by Crippen LogP contribution is -2.51. The fourth-order valence-electron chi connectivity index (χ4n) is 4.48. The third kappa shape index (κ3) is 3.41. The average molecular weight is 449 g/mol. The van der Waals surface area contributed by atoms with E-state index in [4.69, 9.17) is 4.74 Å². The molecule has 1 saturated heterocycles. The molecule has 0 atom stereocenters. The van der Waals surface area contributed by atoms with Crippen molar-refractivity contribution in [2.24, 2.45) is 0 Å². The fraction of sp³-hybridized carbons (Fsp3) is 0.320. The van der Waals surface area contributed by atoms with Gasteiger partial charge in [0.2, 0.25) is 11.6 Å². The summed E-state index contributed by atoms with van der Waals surface area (Å²) in [6.07, 6.45) is 1.36. The highest BCUT2D eigenvalue weighted by atomic mass is 32.2. The Morgan fingerprint density at radius 3 is 2.44 bits per heavy atom. The first-order valence-corrected chi connectivity index (χ1v) is 11.7.